The summed E-state index contributed by atoms with van der Waals surface area (Å²) >= 11 is 0. The smallest absolute Gasteiger partial charge is 0.245 e. The van der Waals surface area contributed by atoms with Crippen molar-refractivity contribution in [1.29, 1.82) is 5.26 Å². The van der Waals surface area contributed by atoms with E-state index in [1.54, 1.807) is 6.07 Å². The van der Waals surface area contributed by atoms with Crippen molar-refractivity contribution in [1.82, 2.24) is 10.2 Å². The maximum Gasteiger partial charge on any atom is 0.245 e. The number of likely N-dealkylation sites (tertiary alicyclic amines) is 1. The van der Waals surface area contributed by atoms with Crippen molar-refractivity contribution in [2.45, 2.75) is 38.6 Å². The Hall–Kier alpha value is -2.68. The van der Waals surface area contributed by atoms with Crippen LogP contribution < -0.4 is 5.32 Å². The molecule has 0 saturated carbocycles. The van der Waals surface area contributed by atoms with Crippen LogP contribution >= 0.6 is 0 Å². The molecule has 1 aromatic carbocycles. The van der Waals surface area contributed by atoms with Crippen molar-refractivity contribution >= 4 is 17.6 Å². The van der Waals surface area contributed by atoms with E-state index in [9.17, 15) is 19.6 Å². The fourth-order valence-electron chi connectivity index (χ4n) is 2.83. The number of rotatable bonds is 6. The van der Waals surface area contributed by atoms with Gasteiger partial charge in [-0.2, -0.15) is 5.26 Å². The van der Waals surface area contributed by atoms with E-state index < -0.39 is 17.6 Å². The highest BCUT2D eigenvalue weighted by Gasteiger charge is 2.29. The van der Waals surface area contributed by atoms with Gasteiger partial charge in [-0.15, -0.1) is 0 Å². The number of ketones is 1. The highest BCUT2D eigenvalue weighted by molar-refractivity contribution is 6.05. The van der Waals surface area contributed by atoms with Gasteiger partial charge in [-0.05, 0) is 18.4 Å². The molecule has 25 heavy (non-hydrogen) atoms. The van der Waals surface area contributed by atoms with Crippen molar-refractivity contribution < 1.29 is 14.4 Å². The van der Waals surface area contributed by atoms with Gasteiger partial charge in [0.1, 0.15) is 0 Å². The van der Waals surface area contributed by atoms with Gasteiger partial charge in [0.15, 0.2) is 11.7 Å². The largest absolute Gasteiger partial charge is 0.350 e. The number of benzene rings is 1. The van der Waals surface area contributed by atoms with E-state index in [4.69, 9.17) is 0 Å². The molecule has 1 aromatic rings. The van der Waals surface area contributed by atoms with Crippen LogP contribution in [0.3, 0.4) is 0 Å². The number of carbonyl (C=O) groups is 3. The standard InChI is InChI=1S/C19H23N3O3/c20-12-16(19(25)21-13-15-8-4-3-5-9-15)17(23)14-22-11-7-2-1-6-10-18(22)24/h3-5,8-9,16H,1-2,6-7,10-11,13-14H2,(H,21,25). The molecule has 1 saturated heterocycles. The Kier molecular flexibility index (Phi) is 7.15. The minimum absolute atomic E-state index is 0.0746. The third kappa shape index (κ3) is 5.71. The molecule has 6 nitrogen and oxygen atoms in total. The molecule has 2 amide bonds. The van der Waals surface area contributed by atoms with Gasteiger partial charge < -0.3 is 10.2 Å². The summed E-state index contributed by atoms with van der Waals surface area (Å²) in [5.41, 5.74) is 0.888. The summed E-state index contributed by atoms with van der Waals surface area (Å²) in [6, 6.07) is 11.0. The summed E-state index contributed by atoms with van der Waals surface area (Å²) in [7, 11) is 0. The Labute approximate surface area is 147 Å². The van der Waals surface area contributed by atoms with E-state index in [1.165, 1.54) is 4.90 Å². The van der Waals surface area contributed by atoms with Crippen molar-refractivity contribution in [3.05, 3.63) is 35.9 Å². The lowest BCUT2D eigenvalue weighted by atomic mass is 10.0. The summed E-state index contributed by atoms with van der Waals surface area (Å²) < 4.78 is 0. The summed E-state index contributed by atoms with van der Waals surface area (Å²) in [5, 5.41) is 11.8. The lowest BCUT2D eigenvalue weighted by Crippen LogP contribution is -2.42. The third-order valence-electron chi connectivity index (χ3n) is 4.29. The monoisotopic (exact) mass is 341 g/mol. The molecule has 1 N–H and O–H groups in total. The second kappa shape index (κ2) is 9.58. The Morgan fingerprint density at radius 1 is 1.16 bits per heavy atom. The fourth-order valence-corrected chi connectivity index (χ4v) is 2.83. The van der Waals surface area contributed by atoms with Crippen LogP contribution in [-0.2, 0) is 20.9 Å². The molecule has 0 aliphatic carbocycles. The number of hydrogen-bond donors (Lipinski definition) is 1. The van der Waals surface area contributed by atoms with Gasteiger partial charge in [-0.3, -0.25) is 14.4 Å². The van der Waals surface area contributed by atoms with Gasteiger partial charge in [0.25, 0.3) is 0 Å². The highest BCUT2D eigenvalue weighted by Crippen LogP contribution is 2.12. The van der Waals surface area contributed by atoms with Gasteiger partial charge >= 0.3 is 0 Å². The van der Waals surface area contributed by atoms with Crippen LogP contribution in [0.15, 0.2) is 30.3 Å². The summed E-state index contributed by atoms with van der Waals surface area (Å²) in [6.45, 7) is 0.595. The van der Waals surface area contributed by atoms with E-state index in [-0.39, 0.29) is 19.0 Å². The minimum atomic E-state index is -1.39. The van der Waals surface area contributed by atoms with Crippen LogP contribution in [0, 0.1) is 17.2 Å². The number of carbonyl (C=O) groups excluding carboxylic acids is 3. The van der Waals surface area contributed by atoms with Crippen molar-refractivity contribution in [2.24, 2.45) is 5.92 Å². The fraction of sp³-hybridized carbons (Fsp3) is 0.474. The number of nitrogens with zero attached hydrogens (tertiary/aromatic N) is 2. The molecule has 1 fully saturated rings. The lowest BCUT2D eigenvalue weighted by Gasteiger charge is -2.24. The molecule has 1 heterocycles. The summed E-state index contributed by atoms with van der Waals surface area (Å²) in [5.74, 6) is -2.60. The normalized spacial score (nSPS) is 16.3. The first-order chi connectivity index (χ1) is 12.1. The van der Waals surface area contributed by atoms with Gasteiger partial charge in [0.2, 0.25) is 11.8 Å². The first-order valence-corrected chi connectivity index (χ1v) is 8.63. The lowest BCUT2D eigenvalue weighted by molar-refractivity contribution is -0.139. The number of amides is 2. The zero-order valence-electron chi connectivity index (χ0n) is 14.2. The maximum atomic E-state index is 12.4. The Morgan fingerprint density at radius 2 is 1.88 bits per heavy atom. The molecular weight excluding hydrogens is 318 g/mol. The average Bonchev–Trinajstić information content (AvgIpc) is 2.61. The molecule has 1 aliphatic heterocycles. The second-order valence-electron chi connectivity index (χ2n) is 6.21. The highest BCUT2D eigenvalue weighted by atomic mass is 16.2. The van der Waals surface area contributed by atoms with Crippen LogP contribution in [-0.4, -0.2) is 35.6 Å². The van der Waals surface area contributed by atoms with Gasteiger partial charge in [0.05, 0.1) is 12.6 Å². The zero-order valence-corrected chi connectivity index (χ0v) is 14.2. The quantitative estimate of drug-likeness (QED) is 0.799. The van der Waals surface area contributed by atoms with Crippen LogP contribution in [0.1, 0.15) is 37.7 Å². The first kappa shape index (κ1) is 18.7. The van der Waals surface area contributed by atoms with Crippen LogP contribution in [0.5, 0.6) is 0 Å². The summed E-state index contributed by atoms with van der Waals surface area (Å²) in [6.07, 6.45) is 4.14. The van der Waals surface area contributed by atoms with Crippen molar-refractivity contribution in [3.8, 4) is 6.07 Å². The topological polar surface area (TPSA) is 90.3 Å². The van der Waals surface area contributed by atoms with Crippen LogP contribution in [0.4, 0.5) is 0 Å². The molecular formula is C19H23N3O3. The van der Waals surface area contributed by atoms with Crippen molar-refractivity contribution in [2.75, 3.05) is 13.1 Å². The van der Waals surface area contributed by atoms with E-state index in [1.807, 2.05) is 30.3 Å². The number of nitrogens with one attached hydrogen (secondary N) is 1. The number of Topliss-reactive ketones (excluding diaryl/α,β-unsaturated/α-hetero) is 1. The van der Waals surface area contributed by atoms with E-state index in [2.05, 4.69) is 5.32 Å². The minimum Gasteiger partial charge on any atom is -0.350 e. The predicted molar refractivity (Wildman–Crippen MR) is 92.1 cm³/mol. The number of nitriles is 1. The van der Waals surface area contributed by atoms with Gasteiger partial charge in [0, 0.05) is 19.5 Å². The molecule has 0 aromatic heterocycles. The van der Waals surface area contributed by atoms with E-state index in [0.717, 1.165) is 31.2 Å². The van der Waals surface area contributed by atoms with E-state index in [0.29, 0.717) is 13.0 Å². The summed E-state index contributed by atoms with van der Waals surface area (Å²) in [4.78, 5) is 38.1. The van der Waals surface area contributed by atoms with Crippen LogP contribution in [0.2, 0.25) is 0 Å². The average molecular weight is 341 g/mol. The Bertz CT molecular complexity index is 652. The molecule has 0 bridgehead atoms. The molecule has 1 unspecified atom stereocenters. The Balaban J connectivity index is 1.91. The molecule has 0 spiro atoms. The first-order valence-electron chi connectivity index (χ1n) is 8.63. The molecule has 132 valence electrons. The maximum absolute atomic E-state index is 12.4. The SMILES string of the molecule is N#CC(C(=O)CN1CCCCCCC1=O)C(=O)NCc1ccccc1. The van der Waals surface area contributed by atoms with Crippen molar-refractivity contribution in [3.63, 3.8) is 0 Å². The zero-order chi connectivity index (χ0) is 18.1. The Morgan fingerprint density at radius 3 is 2.60 bits per heavy atom. The molecule has 1 aliphatic rings. The van der Waals surface area contributed by atoms with E-state index >= 15 is 0 Å². The van der Waals surface area contributed by atoms with Crippen LogP contribution in [0.25, 0.3) is 0 Å². The molecule has 0 radical (unpaired) electrons. The molecule has 6 heteroatoms. The number of hydrogen-bond acceptors (Lipinski definition) is 4. The van der Waals surface area contributed by atoms with Gasteiger partial charge in [-0.1, -0.05) is 43.2 Å². The van der Waals surface area contributed by atoms with Gasteiger partial charge in [-0.25, -0.2) is 0 Å². The third-order valence-corrected chi connectivity index (χ3v) is 4.29. The molecule has 1 atom stereocenters. The second-order valence-corrected chi connectivity index (χ2v) is 6.21. The molecule has 2 rings (SSSR count). The predicted octanol–water partition coefficient (Wildman–Crippen LogP) is 1.80.